The van der Waals surface area contributed by atoms with Crippen LogP contribution in [0.25, 0.3) is 0 Å². The fraction of sp³-hybridized carbons (Fsp3) is 0.316. The van der Waals surface area contributed by atoms with Gasteiger partial charge in [-0.15, -0.1) is 0 Å². The molecule has 24 heavy (non-hydrogen) atoms. The van der Waals surface area contributed by atoms with Crippen molar-refractivity contribution in [1.82, 2.24) is 10.2 Å². The maximum atomic E-state index is 12.6. The molecule has 0 aliphatic carbocycles. The SMILES string of the molecule is CC1CN(C(=O)c2cccc(OCc3cccc(Cl)c3)c2)CCN1. The lowest BCUT2D eigenvalue weighted by Crippen LogP contribution is -2.51. The smallest absolute Gasteiger partial charge is 0.254 e. The lowest BCUT2D eigenvalue weighted by atomic mass is 10.1. The largest absolute Gasteiger partial charge is 0.489 e. The number of nitrogens with zero attached hydrogens (tertiary/aromatic N) is 1. The van der Waals surface area contributed by atoms with Crippen molar-refractivity contribution in [3.8, 4) is 5.75 Å². The van der Waals surface area contributed by atoms with Gasteiger partial charge in [-0.1, -0.05) is 29.8 Å². The van der Waals surface area contributed by atoms with Crippen molar-refractivity contribution < 1.29 is 9.53 Å². The standard InChI is InChI=1S/C19H21ClN2O2/c1-14-12-22(9-8-21-14)19(23)16-5-3-7-18(11-16)24-13-15-4-2-6-17(20)10-15/h2-7,10-11,14,21H,8-9,12-13H2,1H3. The lowest BCUT2D eigenvalue weighted by molar-refractivity contribution is 0.0708. The first kappa shape index (κ1) is 16.8. The highest BCUT2D eigenvalue weighted by Gasteiger charge is 2.21. The summed E-state index contributed by atoms with van der Waals surface area (Å²) in [6.45, 7) is 4.80. The van der Waals surface area contributed by atoms with Gasteiger partial charge in [0.05, 0.1) is 0 Å². The van der Waals surface area contributed by atoms with Gasteiger partial charge in [0, 0.05) is 36.3 Å². The minimum Gasteiger partial charge on any atom is -0.489 e. The molecule has 5 heteroatoms. The Labute approximate surface area is 147 Å². The van der Waals surface area contributed by atoms with E-state index in [1.165, 1.54) is 0 Å². The van der Waals surface area contributed by atoms with Crippen LogP contribution in [0.2, 0.25) is 5.02 Å². The van der Waals surface area contributed by atoms with Crippen molar-refractivity contribution in [3.63, 3.8) is 0 Å². The first-order valence-electron chi connectivity index (χ1n) is 8.12. The molecule has 0 radical (unpaired) electrons. The van der Waals surface area contributed by atoms with Gasteiger partial charge in [0.15, 0.2) is 0 Å². The van der Waals surface area contributed by atoms with Crippen LogP contribution in [0.15, 0.2) is 48.5 Å². The molecular weight excluding hydrogens is 324 g/mol. The molecule has 1 atom stereocenters. The van der Waals surface area contributed by atoms with Crippen LogP contribution in [0.5, 0.6) is 5.75 Å². The Morgan fingerprint density at radius 1 is 1.29 bits per heavy atom. The van der Waals surface area contributed by atoms with E-state index in [1.54, 1.807) is 6.07 Å². The number of hydrogen-bond acceptors (Lipinski definition) is 3. The number of carbonyl (C=O) groups excluding carboxylic acids is 1. The second-order valence-corrected chi connectivity index (χ2v) is 6.49. The third kappa shape index (κ3) is 4.28. The number of amides is 1. The van der Waals surface area contributed by atoms with Crippen molar-refractivity contribution in [2.75, 3.05) is 19.6 Å². The summed E-state index contributed by atoms with van der Waals surface area (Å²) in [4.78, 5) is 14.5. The van der Waals surface area contributed by atoms with Crippen molar-refractivity contribution in [1.29, 1.82) is 0 Å². The molecule has 1 aliphatic heterocycles. The minimum atomic E-state index is 0.0524. The second kappa shape index (κ2) is 7.69. The summed E-state index contributed by atoms with van der Waals surface area (Å²) < 4.78 is 5.80. The van der Waals surface area contributed by atoms with Gasteiger partial charge in [-0.2, -0.15) is 0 Å². The molecule has 0 aromatic heterocycles. The maximum Gasteiger partial charge on any atom is 0.254 e. The van der Waals surface area contributed by atoms with Gasteiger partial charge in [0.25, 0.3) is 5.91 Å². The number of rotatable bonds is 4. The molecule has 2 aromatic carbocycles. The first-order valence-corrected chi connectivity index (χ1v) is 8.49. The van der Waals surface area contributed by atoms with Gasteiger partial charge in [0.2, 0.25) is 0 Å². The highest BCUT2D eigenvalue weighted by atomic mass is 35.5. The van der Waals surface area contributed by atoms with Crippen molar-refractivity contribution in [2.24, 2.45) is 0 Å². The molecule has 3 rings (SSSR count). The van der Waals surface area contributed by atoms with Crippen LogP contribution in [0.3, 0.4) is 0 Å². The highest BCUT2D eigenvalue weighted by molar-refractivity contribution is 6.30. The zero-order valence-corrected chi connectivity index (χ0v) is 14.4. The average Bonchev–Trinajstić information content (AvgIpc) is 2.60. The summed E-state index contributed by atoms with van der Waals surface area (Å²) in [5.41, 5.74) is 1.66. The molecule has 1 fully saturated rings. The number of benzene rings is 2. The number of hydrogen-bond donors (Lipinski definition) is 1. The summed E-state index contributed by atoms with van der Waals surface area (Å²) in [7, 11) is 0. The molecule has 0 saturated carbocycles. The number of ether oxygens (including phenoxy) is 1. The van der Waals surface area contributed by atoms with Gasteiger partial charge in [0.1, 0.15) is 12.4 Å². The molecule has 126 valence electrons. The molecule has 4 nitrogen and oxygen atoms in total. The first-order chi connectivity index (χ1) is 11.6. The number of carbonyl (C=O) groups is 1. The van der Waals surface area contributed by atoms with E-state index >= 15 is 0 Å². The molecule has 1 unspecified atom stereocenters. The Hall–Kier alpha value is -2.04. The predicted molar refractivity (Wildman–Crippen MR) is 95.6 cm³/mol. The van der Waals surface area contributed by atoms with Crippen LogP contribution in [0.4, 0.5) is 0 Å². The summed E-state index contributed by atoms with van der Waals surface area (Å²) >= 11 is 5.98. The van der Waals surface area contributed by atoms with Crippen LogP contribution in [-0.2, 0) is 6.61 Å². The Kier molecular flexibility index (Phi) is 5.38. The van der Waals surface area contributed by atoms with E-state index in [9.17, 15) is 4.79 Å². The Morgan fingerprint density at radius 2 is 2.12 bits per heavy atom. The fourth-order valence-corrected chi connectivity index (χ4v) is 3.02. The van der Waals surface area contributed by atoms with Gasteiger partial charge in [-0.3, -0.25) is 4.79 Å². The van der Waals surface area contributed by atoms with Crippen LogP contribution < -0.4 is 10.1 Å². The third-order valence-electron chi connectivity index (χ3n) is 4.03. The van der Waals surface area contributed by atoms with Crippen LogP contribution in [0, 0.1) is 0 Å². The molecule has 2 aromatic rings. The summed E-state index contributed by atoms with van der Waals surface area (Å²) in [5.74, 6) is 0.737. The van der Waals surface area contributed by atoms with Gasteiger partial charge in [-0.05, 0) is 42.8 Å². The molecule has 0 bridgehead atoms. The minimum absolute atomic E-state index is 0.0524. The predicted octanol–water partition coefficient (Wildman–Crippen LogP) is 3.35. The summed E-state index contributed by atoms with van der Waals surface area (Å²) in [6.07, 6.45) is 0. The summed E-state index contributed by atoms with van der Waals surface area (Å²) in [6, 6.07) is 15.2. The Morgan fingerprint density at radius 3 is 2.92 bits per heavy atom. The van der Waals surface area contributed by atoms with E-state index in [2.05, 4.69) is 12.2 Å². The summed E-state index contributed by atoms with van der Waals surface area (Å²) in [5, 5.41) is 4.03. The third-order valence-corrected chi connectivity index (χ3v) is 4.27. The van der Waals surface area contributed by atoms with E-state index < -0.39 is 0 Å². The molecule has 1 saturated heterocycles. The van der Waals surface area contributed by atoms with E-state index in [0.717, 1.165) is 25.2 Å². The molecule has 1 amide bonds. The monoisotopic (exact) mass is 344 g/mol. The van der Waals surface area contributed by atoms with E-state index in [4.69, 9.17) is 16.3 Å². The molecule has 1 heterocycles. The Bertz CT molecular complexity index is 720. The van der Waals surface area contributed by atoms with Gasteiger partial charge >= 0.3 is 0 Å². The molecule has 1 aliphatic rings. The quantitative estimate of drug-likeness (QED) is 0.924. The average molecular weight is 345 g/mol. The van der Waals surface area contributed by atoms with Crippen molar-refractivity contribution in [3.05, 3.63) is 64.7 Å². The van der Waals surface area contributed by atoms with E-state index in [-0.39, 0.29) is 5.91 Å². The van der Waals surface area contributed by atoms with E-state index in [1.807, 2.05) is 47.4 Å². The Balaban J connectivity index is 1.66. The topological polar surface area (TPSA) is 41.6 Å². The zero-order chi connectivity index (χ0) is 16.9. The molecular formula is C19H21ClN2O2. The number of halogens is 1. The van der Waals surface area contributed by atoms with Crippen molar-refractivity contribution >= 4 is 17.5 Å². The van der Waals surface area contributed by atoms with Crippen molar-refractivity contribution in [2.45, 2.75) is 19.6 Å². The maximum absolute atomic E-state index is 12.6. The molecule has 1 N–H and O–H groups in total. The fourth-order valence-electron chi connectivity index (χ4n) is 2.81. The lowest BCUT2D eigenvalue weighted by Gasteiger charge is -2.32. The van der Waals surface area contributed by atoms with Crippen LogP contribution in [-0.4, -0.2) is 36.5 Å². The van der Waals surface area contributed by atoms with Crippen LogP contribution >= 0.6 is 11.6 Å². The van der Waals surface area contributed by atoms with Gasteiger partial charge in [-0.25, -0.2) is 0 Å². The zero-order valence-electron chi connectivity index (χ0n) is 13.7. The number of nitrogens with one attached hydrogen (secondary N) is 1. The molecule has 0 spiro atoms. The van der Waals surface area contributed by atoms with Crippen LogP contribution in [0.1, 0.15) is 22.8 Å². The van der Waals surface area contributed by atoms with E-state index in [0.29, 0.717) is 29.0 Å². The highest BCUT2D eigenvalue weighted by Crippen LogP contribution is 2.18. The second-order valence-electron chi connectivity index (χ2n) is 6.05. The van der Waals surface area contributed by atoms with Gasteiger partial charge < -0.3 is 15.0 Å². The normalized spacial score (nSPS) is 17.6. The number of piperazine rings is 1.